The molecule has 20 heavy (non-hydrogen) atoms. The average Bonchev–Trinajstić information content (AvgIpc) is 2.60. The van der Waals surface area contributed by atoms with Crippen LogP contribution in [0.15, 0.2) is 5.10 Å². The lowest BCUT2D eigenvalue weighted by Gasteiger charge is -2.42. The van der Waals surface area contributed by atoms with Gasteiger partial charge in [0.15, 0.2) is 0 Å². The maximum absolute atomic E-state index is 12.7. The summed E-state index contributed by atoms with van der Waals surface area (Å²) in [4.78, 5) is 28.7. The molecule has 0 aromatic rings. The Morgan fingerprint density at radius 1 is 1.40 bits per heavy atom. The zero-order valence-corrected chi connectivity index (χ0v) is 13.2. The molecule has 1 saturated heterocycles. The molecular weight excluding hydrogens is 256 g/mol. The molecule has 6 nitrogen and oxygen atoms in total. The Morgan fingerprint density at radius 3 is 2.55 bits per heavy atom. The van der Waals surface area contributed by atoms with Crippen molar-refractivity contribution in [1.29, 1.82) is 0 Å². The normalized spacial score (nSPS) is 26.9. The smallest absolute Gasteiger partial charge is 0.255 e. The Labute approximate surface area is 120 Å². The number of hydrogen-bond donors (Lipinski definition) is 0. The van der Waals surface area contributed by atoms with Crippen LogP contribution < -0.4 is 0 Å². The lowest BCUT2D eigenvalue weighted by Crippen LogP contribution is -2.59. The second kappa shape index (κ2) is 4.55. The van der Waals surface area contributed by atoms with Gasteiger partial charge in [-0.15, -0.1) is 0 Å². The third-order valence-electron chi connectivity index (χ3n) is 4.73. The summed E-state index contributed by atoms with van der Waals surface area (Å²) in [6, 6.07) is 0. The van der Waals surface area contributed by atoms with E-state index in [2.05, 4.69) is 5.10 Å². The summed E-state index contributed by atoms with van der Waals surface area (Å²) in [6.07, 6.45) is 0.668. The first-order valence-corrected chi connectivity index (χ1v) is 6.93. The van der Waals surface area contributed by atoms with Gasteiger partial charge in [0.1, 0.15) is 5.41 Å². The van der Waals surface area contributed by atoms with Gasteiger partial charge in [0, 0.05) is 26.6 Å². The van der Waals surface area contributed by atoms with Crippen LogP contribution in [0, 0.1) is 5.41 Å². The number of likely N-dealkylation sites (tertiary alicyclic amines) is 1. The Hall–Kier alpha value is -1.43. The van der Waals surface area contributed by atoms with E-state index < -0.39 is 11.0 Å². The van der Waals surface area contributed by atoms with E-state index in [1.165, 1.54) is 5.01 Å². The van der Waals surface area contributed by atoms with Crippen LogP contribution in [0.25, 0.3) is 0 Å². The molecule has 0 N–H and O–H groups in total. The van der Waals surface area contributed by atoms with Crippen LogP contribution in [0.3, 0.4) is 0 Å². The number of rotatable bonds is 2. The zero-order valence-electron chi connectivity index (χ0n) is 13.2. The van der Waals surface area contributed by atoms with Crippen LogP contribution in [0.5, 0.6) is 0 Å². The number of carbonyl (C=O) groups is 2. The maximum atomic E-state index is 12.7. The first-order chi connectivity index (χ1) is 9.10. The molecule has 6 heteroatoms. The van der Waals surface area contributed by atoms with Crippen molar-refractivity contribution >= 4 is 17.5 Å². The van der Waals surface area contributed by atoms with Crippen molar-refractivity contribution in [3.63, 3.8) is 0 Å². The van der Waals surface area contributed by atoms with E-state index in [0.29, 0.717) is 19.5 Å². The van der Waals surface area contributed by atoms with Crippen molar-refractivity contribution in [2.45, 2.75) is 32.7 Å². The van der Waals surface area contributed by atoms with E-state index in [1.807, 2.05) is 39.8 Å². The Kier molecular flexibility index (Phi) is 3.40. The number of nitrogens with zero attached hydrogens (tertiary/aromatic N) is 4. The molecule has 0 bridgehead atoms. The lowest BCUT2D eigenvalue weighted by atomic mass is 9.79. The van der Waals surface area contributed by atoms with Gasteiger partial charge in [0.05, 0.1) is 11.3 Å². The number of fused-ring (bicyclic) bond motifs is 1. The van der Waals surface area contributed by atoms with Crippen molar-refractivity contribution in [3.8, 4) is 0 Å². The van der Waals surface area contributed by atoms with E-state index >= 15 is 0 Å². The molecule has 1 atom stereocenters. The number of hydrazone groups is 1. The predicted octanol–water partition coefficient (Wildman–Crippen LogP) is 0.393. The fraction of sp³-hybridized carbons (Fsp3) is 0.786. The highest BCUT2D eigenvalue weighted by molar-refractivity contribution is 6.13. The van der Waals surface area contributed by atoms with Crippen molar-refractivity contribution in [2.24, 2.45) is 10.5 Å². The number of amides is 2. The molecule has 0 aliphatic carbocycles. The van der Waals surface area contributed by atoms with Crippen molar-refractivity contribution < 1.29 is 9.59 Å². The molecule has 0 aromatic carbocycles. The summed E-state index contributed by atoms with van der Waals surface area (Å²) in [5.41, 5.74) is -0.319. The molecular formula is C14H24N4O2. The molecule has 112 valence electrons. The highest BCUT2D eigenvalue weighted by atomic mass is 16.2. The van der Waals surface area contributed by atoms with Crippen LogP contribution in [-0.4, -0.2) is 72.1 Å². The first kappa shape index (κ1) is 15.0. The molecule has 2 aliphatic rings. The molecule has 1 fully saturated rings. The molecule has 0 radical (unpaired) electrons. The van der Waals surface area contributed by atoms with Crippen molar-refractivity contribution in [2.75, 3.05) is 34.2 Å². The first-order valence-electron chi connectivity index (χ1n) is 6.93. The van der Waals surface area contributed by atoms with E-state index in [4.69, 9.17) is 0 Å². The summed E-state index contributed by atoms with van der Waals surface area (Å²) in [7, 11) is 5.46. The van der Waals surface area contributed by atoms with Gasteiger partial charge >= 0.3 is 0 Å². The van der Waals surface area contributed by atoms with Crippen molar-refractivity contribution in [1.82, 2.24) is 14.8 Å². The number of piperidine rings is 1. The van der Waals surface area contributed by atoms with Gasteiger partial charge < -0.3 is 4.90 Å². The largest absolute Gasteiger partial charge is 0.339 e. The summed E-state index contributed by atoms with van der Waals surface area (Å²) >= 11 is 0. The summed E-state index contributed by atoms with van der Waals surface area (Å²) in [5, 5.41) is 5.71. The Bertz CT molecular complexity index is 484. The van der Waals surface area contributed by atoms with Gasteiger partial charge in [0.25, 0.3) is 5.91 Å². The zero-order chi connectivity index (χ0) is 15.3. The minimum atomic E-state index is -0.648. The van der Waals surface area contributed by atoms with E-state index in [0.717, 1.165) is 5.71 Å². The van der Waals surface area contributed by atoms with Gasteiger partial charge in [-0.2, -0.15) is 5.10 Å². The van der Waals surface area contributed by atoms with Gasteiger partial charge in [0.2, 0.25) is 5.91 Å². The SMILES string of the molecule is CN1N=C2CCN(C(=O)C(C)(C)N(C)C)CC2(C)C1=O. The van der Waals surface area contributed by atoms with E-state index in [1.54, 1.807) is 11.9 Å². The number of likely N-dealkylation sites (N-methyl/N-ethyl adjacent to an activating group) is 1. The van der Waals surface area contributed by atoms with E-state index in [9.17, 15) is 9.59 Å². The van der Waals surface area contributed by atoms with Crippen LogP contribution in [0.1, 0.15) is 27.2 Å². The fourth-order valence-electron chi connectivity index (χ4n) is 2.76. The van der Waals surface area contributed by atoms with Gasteiger partial charge in [-0.05, 0) is 34.9 Å². The lowest BCUT2D eigenvalue weighted by molar-refractivity contribution is -0.145. The van der Waals surface area contributed by atoms with Crippen LogP contribution >= 0.6 is 0 Å². The quantitative estimate of drug-likeness (QED) is 0.735. The Balaban J connectivity index is 2.22. The average molecular weight is 280 g/mol. The third-order valence-corrected chi connectivity index (χ3v) is 4.73. The van der Waals surface area contributed by atoms with Gasteiger partial charge in [-0.25, -0.2) is 5.01 Å². The topological polar surface area (TPSA) is 56.2 Å². The Morgan fingerprint density at radius 2 is 2.00 bits per heavy atom. The fourth-order valence-corrected chi connectivity index (χ4v) is 2.76. The number of carbonyl (C=O) groups excluding carboxylic acids is 2. The standard InChI is InChI=1S/C14H24N4O2/c1-13(2,16(4)5)11(19)18-8-7-10-14(3,9-18)12(20)17(6)15-10/h7-9H2,1-6H3. The monoisotopic (exact) mass is 280 g/mol. The highest BCUT2D eigenvalue weighted by Crippen LogP contribution is 2.35. The van der Waals surface area contributed by atoms with E-state index in [-0.39, 0.29) is 11.8 Å². The second-order valence-corrected chi connectivity index (χ2v) is 6.64. The second-order valence-electron chi connectivity index (χ2n) is 6.64. The highest BCUT2D eigenvalue weighted by Gasteiger charge is 2.51. The number of hydrogen-bond acceptors (Lipinski definition) is 4. The summed E-state index contributed by atoms with van der Waals surface area (Å²) in [5.74, 6) is 0.0396. The van der Waals surface area contributed by atoms with Crippen LogP contribution in [0.4, 0.5) is 0 Å². The summed E-state index contributed by atoms with van der Waals surface area (Å²) in [6.45, 7) is 6.75. The van der Waals surface area contributed by atoms with Crippen molar-refractivity contribution in [3.05, 3.63) is 0 Å². The van der Waals surface area contributed by atoms with Crippen LogP contribution in [0.2, 0.25) is 0 Å². The molecule has 0 aromatic heterocycles. The third kappa shape index (κ3) is 2.02. The van der Waals surface area contributed by atoms with Gasteiger partial charge in [-0.1, -0.05) is 0 Å². The summed E-state index contributed by atoms with van der Waals surface area (Å²) < 4.78 is 0. The van der Waals surface area contributed by atoms with Gasteiger partial charge in [-0.3, -0.25) is 14.5 Å². The molecule has 2 heterocycles. The van der Waals surface area contributed by atoms with Crippen LogP contribution in [-0.2, 0) is 9.59 Å². The molecule has 1 unspecified atom stereocenters. The molecule has 0 saturated carbocycles. The maximum Gasteiger partial charge on any atom is 0.255 e. The molecule has 2 amide bonds. The minimum absolute atomic E-state index is 0.0207. The molecule has 2 rings (SSSR count). The molecule has 2 aliphatic heterocycles. The minimum Gasteiger partial charge on any atom is -0.339 e. The molecule has 0 spiro atoms. The predicted molar refractivity (Wildman–Crippen MR) is 77.3 cm³/mol.